The van der Waals surface area contributed by atoms with Crippen LogP contribution >= 0.6 is 0 Å². The number of nitrogens with one attached hydrogen (secondary N) is 2. The van der Waals surface area contributed by atoms with E-state index in [1.807, 2.05) is 41.0 Å². The van der Waals surface area contributed by atoms with Crippen molar-refractivity contribution < 1.29 is 4.79 Å². The molecule has 6 heteroatoms. The molecule has 0 radical (unpaired) electrons. The summed E-state index contributed by atoms with van der Waals surface area (Å²) in [6.07, 6.45) is 3.48. The van der Waals surface area contributed by atoms with Gasteiger partial charge in [0.25, 0.3) is 0 Å². The third-order valence-corrected chi connectivity index (χ3v) is 4.57. The van der Waals surface area contributed by atoms with Gasteiger partial charge in [-0.15, -0.1) is 0 Å². The maximum absolute atomic E-state index is 12.5. The number of imidazole rings is 1. The van der Waals surface area contributed by atoms with E-state index in [0.717, 1.165) is 40.3 Å². The normalized spacial score (nSPS) is 11.1. The number of para-hydroxylation sites is 2. The highest BCUT2D eigenvalue weighted by Gasteiger charge is 2.09. The maximum atomic E-state index is 12.5. The molecule has 2 heterocycles. The van der Waals surface area contributed by atoms with Crippen molar-refractivity contribution in [2.45, 2.75) is 26.3 Å². The molecule has 6 nitrogen and oxygen atoms in total. The minimum atomic E-state index is -0.149. The van der Waals surface area contributed by atoms with Crippen molar-refractivity contribution in [3.63, 3.8) is 0 Å². The second kappa shape index (κ2) is 7.07. The molecule has 27 heavy (non-hydrogen) atoms. The molecule has 4 aromatic rings. The first-order valence-electron chi connectivity index (χ1n) is 9.00. The molecule has 0 fully saturated rings. The Bertz CT molecular complexity index is 1190. The molecule has 0 saturated carbocycles. The number of benzene rings is 2. The smallest absolute Gasteiger partial charge is 0.248 e. The number of carbonyl (C=O) groups is 1. The fraction of sp³-hybridized carbons (Fsp3) is 0.190. The van der Waals surface area contributed by atoms with Crippen molar-refractivity contribution in [3.8, 4) is 0 Å². The fourth-order valence-corrected chi connectivity index (χ4v) is 3.38. The summed E-state index contributed by atoms with van der Waals surface area (Å²) in [7, 11) is 0. The highest BCUT2D eigenvalue weighted by molar-refractivity contribution is 5.94. The number of aromatic amines is 1. The number of carbonyl (C=O) groups excluding carboxylic acids is 1. The van der Waals surface area contributed by atoms with Gasteiger partial charge in [-0.05, 0) is 36.2 Å². The van der Waals surface area contributed by atoms with E-state index < -0.39 is 0 Å². The van der Waals surface area contributed by atoms with Crippen molar-refractivity contribution in [2.75, 3.05) is 5.32 Å². The Morgan fingerprint density at radius 3 is 2.89 bits per heavy atom. The first-order chi connectivity index (χ1) is 13.1. The van der Waals surface area contributed by atoms with E-state index in [2.05, 4.69) is 22.2 Å². The number of fused-ring (bicyclic) bond motifs is 2. The molecule has 0 bridgehead atoms. The quantitative estimate of drug-likeness (QED) is 0.572. The summed E-state index contributed by atoms with van der Waals surface area (Å²) < 4.78 is 1.81. The van der Waals surface area contributed by atoms with E-state index in [4.69, 9.17) is 0 Å². The molecule has 0 aliphatic heterocycles. The van der Waals surface area contributed by atoms with Gasteiger partial charge in [0.05, 0.1) is 22.9 Å². The van der Waals surface area contributed by atoms with Crippen LogP contribution in [0.2, 0.25) is 0 Å². The Morgan fingerprint density at radius 2 is 2.04 bits per heavy atom. The van der Waals surface area contributed by atoms with E-state index >= 15 is 0 Å². The number of rotatable bonds is 5. The van der Waals surface area contributed by atoms with Gasteiger partial charge in [-0.3, -0.25) is 9.59 Å². The van der Waals surface area contributed by atoms with Crippen LogP contribution in [0.3, 0.4) is 0 Å². The number of nitrogens with zero attached hydrogens (tertiary/aromatic N) is 2. The molecule has 4 rings (SSSR count). The molecule has 136 valence electrons. The molecular weight excluding hydrogens is 340 g/mol. The van der Waals surface area contributed by atoms with Gasteiger partial charge in [0, 0.05) is 17.1 Å². The zero-order chi connectivity index (χ0) is 18.8. The number of amides is 1. The van der Waals surface area contributed by atoms with Gasteiger partial charge in [-0.2, -0.15) is 0 Å². The van der Waals surface area contributed by atoms with Gasteiger partial charge in [-0.1, -0.05) is 31.5 Å². The van der Waals surface area contributed by atoms with Crippen LogP contribution < -0.4 is 10.9 Å². The second-order valence-electron chi connectivity index (χ2n) is 6.58. The molecule has 0 unspecified atom stereocenters. The van der Waals surface area contributed by atoms with Crippen molar-refractivity contribution in [1.29, 1.82) is 0 Å². The molecule has 0 spiro atoms. The van der Waals surface area contributed by atoms with Crippen LogP contribution in [0.4, 0.5) is 5.69 Å². The summed E-state index contributed by atoms with van der Waals surface area (Å²) in [6, 6.07) is 15.0. The first-order valence-corrected chi connectivity index (χ1v) is 9.00. The third kappa shape index (κ3) is 3.46. The molecular formula is C21H20N4O2. The summed E-state index contributed by atoms with van der Waals surface area (Å²) in [5.74, 6) is -0.149. The van der Waals surface area contributed by atoms with Gasteiger partial charge >= 0.3 is 0 Å². The Hall–Kier alpha value is -3.41. The predicted octanol–water partition coefficient (Wildman–Crippen LogP) is 3.47. The molecule has 2 aromatic carbocycles. The number of hydrogen-bond acceptors (Lipinski definition) is 3. The van der Waals surface area contributed by atoms with E-state index in [9.17, 15) is 9.59 Å². The summed E-state index contributed by atoms with van der Waals surface area (Å²) in [4.78, 5) is 31.5. The van der Waals surface area contributed by atoms with Gasteiger partial charge in [0.1, 0.15) is 6.54 Å². The van der Waals surface area contributed by atoms with Crippen LogP contribution in [-0.2, 0) is 17.8 Å². The molecule has 2 aromatic heterocycles. The minimum absolute atomic E-state index is 0.126. The highest BCUT2D eigenvalue weighted by atomic mass is 16.2. The zero-order valence-electron chi connectivity index (χ0n) is 15.0. The van der Waals surface area contributed by atoms with Crippen molar-refractivity contribution in [3.05, 3.63) is 70.8 Å². The lowest BCUT2D eigenvalue weighted by Crippen LogP contribution is -2.18. The average molecular weight is 360 g/mol. The second-order valence-corrected chi connectivity index (χ2v) is 6.58. The van der Waals surface area contributed by atoms with Crippen LogP contribution in [0.25, 0.3) is 21.9 Å². The SMILES string of the molecule is CCCc1cc(=O)[nH]c2cc(NC(=O)Cn3cnc4ccccc43)ccc12. The monoisotopic (exact) mass is 360 g/mol. The molecule has 0 saturated heterocycles. The van der Waals surface area contributed by atoms with Crippen LogP contribution in [0.5, 0.6) is 0 Å². The minimum Gasteiger partial charge on any atom is -0.324 e. The van der Waals surface area contributed by atoms with Gasteiger partial charge in [0.15, 0.2) is 0 Å². The average Bonchev–Trinajstić information content (AvgIpc) is 3.04. The van der Waals surface area contributed by atoms with E-state index in [-0.39, 0.29) is 18.0 Å². The summed E-state index contributed by atoms with van der Waals surface area (Å²) in [6.45, 7) is 2.26. The van der Waals surface area contributed by atoms with Crippen LogP contribution in [0, 0.1) is 0 Å². The summed E-state index contributed by atoms with van der Waals surface area (Å²) in [5, 5.41) is 3.91. The fourth-order valence-electron chi connectivity index (χ4n) is 3.38. The van der Waals surface area contributed by atoms with Crippen LogP contribution in [-0.4, -0.2) is 20.4 Å². The number of aromatic nitrogens is 3. The number of H-pyrrole nitrogens is 1. The number of pyridine rings is 1. The standard InChI is InChI=1S/C21H20N4O2/c1-2-5-14-10-20(26)24-18-11-15(8-9-16(14)18)23-21(27)12-25-13-22-17-6-3-4-7-19(17)25/h3-4,6-11,13H,2,5,12H2,1H3,(H,23,27)(H,24,26). The maximum Gasteiger partial charge on any atom is 0.248 e. The summed E-state index contributed by atoms with van der Waals surface area (Å²) in [5.41, 5.74) is 4.06. The summed E-state index contributed by atoms with van der Waals surface area (Å²) >= 11 is 0. The van der Waals surface area contributed by atoms with Crippen molar-refractivity contribution >= 4 is 33.5 Å². The van der Waals surface area contributed by atoms with Crippen LogP contribution in [0.15, 0.2) is 59.7 Å². The molecule has 0 atom stereocenters. The Kier molecular flexibility index (Phi) is 4.46. The third-order valence-electron chi connectivity index (χ3n) is 4.57. The largest absolute Gasteiger partial charge is 0.324 e. The van der Waals surface area contributed by atoms with Crippen LogP contribution in [0.1, 0.15) is 18.9 Å². The Morgan fingerprint density at radius 1 is 1.19 bits per heavy atom. The van der Waals surface area contributed by atoms with Gasteiger partial charge in [-0.25, -0.2) is 4.98 Å². The zero-order valence-corrected chi connectivity index (χ0v) is 15.0. The van der Waals surface area contributed by atoms with Gasteiger partial charge < -0.3 is 14.9 Å². The first kappa shape index (κ1) is 17.0. The molecule has 1 amide bonds. The number of anilines is 1. The lowest BCUT2D eigenvalue weighted by Gasteiger charge is -2.10. The number of hydrogen-bond donors (Lipinski definition) is 2. The lowest BCUT2D eigenvalue weighted by atomic mass is 10.0. The van der Waals surface area contributed by atoms with E-state index in [0.29, 0.717) is 5.69 Å². The lowest BCUT2D eigenvalue weighted by molar-refractivity contribution is -0.116. The van der Waals surface area contributed by atoms with E-state index in [1.54, 1.807) is 18.5 Å². The topological polar surface area (TPSA) is 79.8 Å². The molecule has 0 aliphatic carbocycles. The number of aryl methyl sites for hydroxylation is 1. The van der Waals surface area contributed by atoms with Crippen molar-refractivity contribution in [1.82, 2.24) is 14.5 Å². The van der Waals surface area contributed by atoms with E-state index in [1.165, 1.54) is 0 Å². The predicted molar refractivity (Wildman–Crippen MR) is 107 cm³/mol. The van der Waals surface area contributed by atoms with Gasteiger partial charge in [0.2, 0.25) is 11.5 Å². The Labute approximate surface area is 155 Å². The molecule has 0 aliphatic rings. The van der Waals surface area contributed by atoms with Crippen molar-refractivity contribution in [2.24, 2.45) is 0 Å². The highest BCUT2D eigenvalue weighted by Crippen LogP contribution is 2.21. The molecule has 2 N–H and O–H groups in total. The Balaban J connectivity index is 1.57.